The summed E-state index contributed by atoms with van der Waals surface area (Å²) in [5.74, 6) is 0.718. The third-order valence-electron chi connectivity index (χ3n) is 3.20. The van der Waals surface area contributed by atoms with E-state index in [1.54, 1.807) is 6.07 Å². The molecule has 0 heterocycles. The van der Waals surface area contributed by atoms with E-state index < -0.39 is 0 Å². The van der Waals surface area contributed by atoms with Crippen LogP contribution in [0.4, 0.5) is 4.39 Å². The van der Waals surface area contributed by atoms with E-state index in [2.05, 4.69) is 21.8 Å². The van der Waals surface area contributed by atoms with Crippen LogP contribution in [-0.4, -0.2) is 37.5 Å². The summed E-state index contributed by atoms with van der Waals surface area (Å²) in [7, 11) is 2.02. The van der Waals surface area contributed by atoms with E-state index in [0.29, 0.717) is 18.5 Å². The Bertz CT molecular complexity index is 457. The average molecular weight is 291 g/mol. The molecule has 21 heavy (non-hydrogen) atoms. The molecule has 0 spiro atoms. The molecule has 0 radical (unpaired) electrons. The van der Waals surface area contributed by atoms with E-state index in [4.69, 9.17) is 0 Å². The van der Waals surface area contributed by atoms with Crippen molar-refractivity contribution in [2.45, 2.75) is 26.2 Å². The number of nitrogens with one attached hydrogen (secondary N) is 1. The number of guanidine groups is 1. The monoisotopic (exact) mass is 291 g/mol. The molecule has 3 nitrogen and oxygen atoms in total. The van der Waals surface area contributed by atoms with E-state index in [-0.39, 0.29) is 5.82 Å². The van der Waals surface area contributed by atoms with Gasteiger partial charge in [0.1, 0.15) is 5.82 Å². The van der Waals surface area contributed by atoms with Crippen molar-refractivity contribution in [3.8, 4) is 0 Å². The van der Waals surface area contributed by atoms with Gasteiger partial charge >= 0.3 is 0 Å². The topological polar surface area (TPSA) is 27.6 Å². The molecule has 1 aromatic rings. The molecule has 0 bridgehead atoms. The van der Waals surface area contributed by atoms with Crippen LogP contribution in [0.25, 0.3) is 0 Å². The zero-order chi connectivity index (χ0) is 15.5. The number of benzene rings is 1. The van der Waals surface area contributed by atoms with Gasteiger partial charge in [-0.2, -0.15) is 0 Å². The van der Waals surface area contributed by atoms with Crippen LogP contribution in [0.3, 0.4) is 0 Å². The van der Waals surface area contributed by atoms with Crippen molar-refractivity contribution in [3.05, 3.63) is 48.3 Å². The minimum Gasteiger partial charge on any atom is -0.357 e. The van der Waals surface area contributed by atoms with Crippen LogP contribution in [0.5, 0.6) is 0 Å². The first kappa shape index (κ1) is 17.2. The van der Waals surface area contributed by atoms with E-state index >= 15 is 0 Å². The molecule has 0 aromatic heterocycles. The lowest BCUT2D eigenvalue weighted by molar-refractivity contribution is 0.470. The first-order valence-electron chi connectivity index (χ1n) is 7.52. The fourth-order valence-corrected chi connectivity index (χ4v) is 2.03. The second kappa shape index (κ2) is 9.97. The first-order valence-corrected chi connectivity index (χ1v) is 7.52. The maximum absolute atomic E-state index is 13.5. The Kier molecular flexibility index (Phi) is 8.17. The van der Waals surface area contributed by atoms with Crippen LogP contribution in [0, 0.1) is 5.82 Å². The van der Waals surface area contributed by atoms with Crippen molar-refractivity contribution < 1.29 is 4.39 Å². The van der Waals surface area contributed by atoms with Crippen LogP contribution in [0.2, 0.25) is 0 Å². The predicted octanol–water partition coefficient (Wildman–Crippen LogP) is 3.23. The van der Waals surface area contributed by atoms with Gasteiger partial charge in [-0.1, -0.05) is 24.3 Å². The first-order chi connectivity index (χ1) is 10.2. The molecule has 1 aromatic carbocycles. The van der Waals surface area contributed by atoms with Gasteiger partial charge in [-0.05, 0) is 37.8 Å². The van der Waals surface area contributed by atoms with Crippen LogP contribution in [-0.2, 0) is 6.42 Å². The number of hydrogen-bond acceptors (Lipinski definition) is 1. The molecule has 1 N–H and O–H groups in total. The van der Waals surface area contributed by atoms with Gasteiger partial charge in [-0.15, -0.1) is 6.58 Å². The lowest BCUT2D eigenvalue weighted by atomic mass is 10.1. The third-order valence-corrected chi connectivity index (χ3v) is 3.20. The average Bonchev–Trinajstić information content (AvgIpc) is 2.48. The van der Waals surface area contributed by atoms with Gasteiger partial charge in [-0.3, -0.25) is 4.99 Å². The molecule has 0 atom stereocenters. The molecule has 0 saturated carbocycles. The van der Waals surface area contributed by atoms with Crippen molar-refractivity contribution in [3.63, 3.8) is 0 Å². The highest BCUT2D eigenvalue weighted by molar-refractivity contribution is 5.79. The van der Waals surface area contributed by atoms with E-state index in [1.807, 2.05) is 32.2 Å². The number of halogens is 1. The van der Waals surface area contributed by atoms with Gasteiger partial charge in [0, 0.05) is 26.7 Å². The SMILES string of the molecule is C=CCCCN(C)C(=NCCc1ccccc1F)NCC. The fraction of sp³-hybridized carbons (Fsp3) is 0.471. The molecule has 4 heteroatoms. The molecular weight excluding hydrogens is 265 g/mol. The lowest BCUT2D eigenvalue weighted by Gasteiger charge is -2.21. The molecule has 0 aliphatic heterocycles. The zero-order valence-corrected chi connectivity index (χ0v) is 13.1. The van der Waals surface area contributed by atoms with Gasteiger partial charge in [0.2, 0.25) is 0 Å². The molecule has 0 aliphatic carbocycles. The number of nitrogens with zero attached hydrogens (tertiary/aromatic N) is 2. The highest BCUT2D eigenvalue weighted by Crippen LogP contribution is 2.07. The summed E-state index contributed by atoms with van der Waals surface area (Å²) in [5, 5.41) is 3.27. The van der Waals surface area contributed by atoms with Crippen LogP contribution in [0.1, 0.15) is 25.3 Å². The maximum Gasteiger partial charge on any atom is 0.193 e. The van der Waals surface area contributed by atoms with Crippen molar-refractivity contribution in [1.82, 2.24) is 10.2 Å². The molecule has 0 fully saturated rings. The fourth-order valence-electron chi connectivity index (χ4n) is 2.03. The van der Waals surface area contributed by atoms with Crippen molar-refractivity contribution >= 4 is 5.96 Å². The normalized spacial score (nSPS) is 11.3. The van der Waals surface area contributed by atoms with Crippen molar-refractivity contribution in [2.24, 2.45) is 4.99 Å². The third kappa shape index (κ3) is 6.43. The second-order valence-electron chi connectivity index (χ2n) is 4.93. The van der Waals surface area contributed by atoms with Gasteiger partial charge in [0.15, 0.2) is 5.96 Å². The molecule has 0 unspecified atom stereocenters. The molecule has 1 rings (SSSR count). The van der Waals surface area contributed by atoms with E-state index in [9.17, 15) is 4.39 Å². The highest BCUT2D eigenvalue weighted by atomic mass is 19.1. The summed E-state index contributed by atoms with van der Waals surface area (Å²) in [6.45, 7) is 8.11. The van der Waals surface area contributed by atoms with E-state index in [0.717, 1.165) is 31.9 Å². The molecule has 0 amide bonds. The summed E-state index contributed by atoms with van der Waals surface area (Å²) in [6.07, 6.45) is 4.59. The zero-order valence-electron chi connectivity index (χ0n) is 13.1. The maximum atomic E-state index is 13.5. The van der Waals surface area contributed by atoms with Crippen LogP contribution >= 0.6 is 0 Å². The summed E-state index contributed by atoms with van der Waals surface area (Å²) >= 11 is 0. The summed E-state index contributed by atoms with van der Waals surface area (Å²) in [5.41, 5.74) is 0.714. The molecular formula is C17H26FN3. The second-order valence-corrected chi connectivity index (χ2v) is 4.93. The standard InChI is InChI=1S/C17H26FN3/c1-4-6-9-14-21(3)17(19-5-2)20-13-12-15-10-7-8-11-16(15)18/h4,7-8,10-11H,1,5-6,9,12-14H2,2-3H3,(H,19,20). The Labute approximate surface area is 127 Å². The Morgan fingerprint density at radius 3 is 2.86 bits per heavy atom. The van der Waals surface area contributed by atoms with Gasteiger partial charge < -0.3 is 10.2 Å². The number of unbranched alkanes of at least 4 members (excludes halogenated alkanes) is 1. The highest BCUT2D eigenvalue weighted by Gasteiger charge is 2.05. The van der Waals surface area contributed by atoms with Gasteiger partial charge in [-0.25, -0.2) is 4.39 Å². The summed E-state index contributed by atoms with van der Waals surface area (Å²) in [6, 6.07) is 6.87. The largest absolute Gasteiger partial charge is 0.357 e. The minimum atomic E-state index is -0.156. The minimum absolute atomic E-state index is 0.156. The van der Waals surface area contributed by atoms with Crippen LogP contribution in [0.15, 0.2) is 41.9 Å². The predicted molar refractivity (Wildman–Crippen MR) is 88.1 cm³/mol. The lowest BCUT2D eigenvalue weighted by Crippen LogP contribution is -2.39. The van der Waals surface area contributed by atoms with Crippen LogP contribution < -0.4 is 5.32 Å². The molecule has 0 aliphatic rings. The number of rotatable bonds is 8. The smallest absolute Gasteiger partial charge is 0.193 e. The van der Waals surface area contributed by atoms with Crippen molar-refractivity contribution in [1.29, 1.82) is 0 Å². The summed E-state index contributed by atoms with van der Waals surface area (Å²) in [4.78, 5) is 6.67. The Morgan fingerprint density at radius 1 is 1.43 bits per heavy atom. The Hall–Kier alpha value is -1.84. The molecule has 0 saturated heterocycles. The quantitative estimate of drug-likeness (QED) is 0.345. The Morgan fingerprint density at radius 2 is 2.19 bits per heavy atom. The number of allylic oxidation sites excluding steroid dienone is 1. The van der Waals surface area contributed by atoms with Crippen molar-refractivity contribution in [2.75, 3.05) is 26.7 Å². The number of aliphatic imine (C=N–C) groups is 1. The van der Waals surface area contributed by atoms with Gasteiger partial charge in [0.05, 0.1) is 0 Å². The molecule has 116 valence electrons. The number of hydrogen-bond donors (Lipinski definition) is 1. The Balaban J connectivity index is 2.54. The van der Waals surface area contributed by atoms with Gasteiger partial charge in [0.25, 0.3) is 0 Å². The summed E-state index contributed by atoms with van der Waals surface area (Å²) < 4.78 is 13.5. The van der Waals surface area contributed by atoms with E-state index in [1.165, 1.54) is 6.07 Å².